The van der Waals surface area contributed by atoms with Crippen LogP contribution in [0.3, 0.4) is 0 Å². The van der Waals surface area contributed by atoms with E-state index in [1.54, 1.807) is 0 Å². The van der Waals surface area contributed by atoms with Gasteiger partial charge in [0.2, 0.25) is 0 Å². The largest absolute Gasteiger partial charge is 0.373 e. The Labute approximate surface area is 134 Å². The van der Waals surface area contributed by atoms with Crippen molar-refractivity contribution in [2.45, 2.75) is 6.54 Å². The molecule has 0 saturated heterocycles. The molecule has 2 aromatic carbocycles. The van der Waals surface area contributed by atoms with E-state index >= 15 is 0 Å². The maximum Gasteiger partial charge on any atom is 0.295 e. The van der Waals surface area contributed by atoms with Crippen LogP contribution in [0, 0.1) is 15.9 Å². The lowest BCUT2D eigenvalue weighted by Gasteiger charge is -2.04. The Morgan fingerprint density at radius 2 is 1.96 bits per heavy atom. The molecule has 1 aromatic heterocycles. The molecule has 0 aliphatic carbocycles. The summed E-state index contributed by atoms with van der Waals surface area (Å²) in [5.74, 6) is -0.649. The van der Waals surface area contributed by atoms with Crippen molar-refractivity contribution in [3.63, 3.8) is 0 Å². The second kappa shape index (κ2) is 6.49. The number of aromatic nitrogens is 2. The highest BCUT2D eigenvalue weighted by atomic mass is 32.1. The first-order valence-electron chi connectivity index (χ1n) is 6.69. The number of nitrogens with zero attached hydrogens (tertiary/aromatic N) is 3. The van der Waals surface area contributed by atoms with Gasteiger partial charge in [-0.2, -0.15) is 0 Å². The van der Waals surface area contributed by atoms with E-state index in [0.717, 1.165) is 16.6 Å². The van der Waals surface area contributed by atoms with Crippen LogP contribution in [0.1, 0.15) is 5.01 Å². The summed E-state index contributed by atoms with van der Waals surface area (Å²) < 4.78 is 13.1. The van der Waals surface area contributed by atoms with Gasteiger partial charge in [0.15, 0.2) is 0 Å². The van der Waals surface area contributed by atoms with Crippen molar-refractivity contribution in [1.82, 2.24) is 10.2 Å². The lowest BCUT2D eigenvalue weighted by molar-refractivity contribution is -0.384. The van der Waals surface area contributed by atoms with Crippen LogP contribution >= 0.6 is 11.3 Å². The molecule has 0 saturated carbocycles. The molecule has 0 radical (unpaired) electrons. The first kappa shape index (κ1) is 15.0. The first-order valence-corrected chi connectivity index (χ1v) is 7.51. The summed E-state index contributed by atoms with van der Waals surface area (Å²) in [6, 6.07) is 13.0. The average molecular weight is 330 g/mol. The third kappa shape index (κ3) is 3.49. The quantitative estimate of drug-likeness (QED) is 0.567. The van der Waals surface area contributed by atoms with Crippen molar-refractivity contribution >= 4 is 22.7 Å². The standard InChI is InChI=1S/C15H11FN4O2S/c16-11-6-7-12(13(8-11)20(21)22)17-9-14-18-19-15(23-14)10-4-2-1-3-5-10/h1-8,17H,9H2. The van der Waals surface area contributed by atoms with Crippen LogP contribution in [0.4, 0.5) is 15.8 Å². The van der Waals surface area contributed by atoms with Crippen molar-refractivity contribution in [3.8, 4) is 10.6 Å². The average Bonchev–Trinajstić information content (AvgIpc) is 3.03. The summed E-state index contributed by atoms with van der Waals surface area (Å²) >= 11 is 1.39. The van der Waals surface area contributed by atoms with E-state index in [2.05, 4.69) is 15.5 Å². The van der Waals surface area contributed by atoms with E-state index in [1.165, 1.54) is 23.5 Å². The van der Waals surface area contributed by atoms with Gasteiger partial charge in [0.05, 0.1) is 17.5 Å². The van der Waals surface area contributed by atoms with Gasteiger partial charge in [-0.05, 0) is 12.1 Å². The number of benzene rings is 2. The van der Waals surface area contributed by atoms with Crippen LogP contribution in [0.15, 0.2) is 48.5 Å². The Hall–Kier alpha value is -2.87. The van der Waals surface area contributed by atoms with Crippen LogP contribution in [0.5, 0.6) is 0 Å². The van der Waals surface area contributed by atoms with Gasteiger partial charge in [-0.15, -0.1) is 10.2 Å². The third-order valence-electron chi connectivity index (χ3n) is 3.07. The number of nitro groups is 1. The molecule has 0 spiro atoms. The number of halogens is 1. The maximum atomic E-state index is 13.1. The molecule has 0 bridgehead atoms. The Morgan fingerprint density at radius 3 is 2.70 bits per heavy atom. The molecule has 0 amide bonds. The minimum Gasteiger partial charge on any atom is -0.373 e. The highest BCUT2D eigenvalue weighted by Gasteiger charge is 2.15. The third-order valence-corrected chi connectivity index (χ3v) is 4.05. The second-order valence-corrected chi connectivity index (χ2v) is 5.70. The fourth-order valence-electron chi connectivity index (χ4n) is 2.00. The van der Waals surface area contributed by atoms with E-state index < -0.39 is 10.7 Å². The van der Waals surface area contributed by atoms with E-state index in [1.807, 2.05) is 30.3 Å². The van der Waals surface area contributed by atoms with Crippen molar-refractivity contribution in [1.29, 1.82) is 0 Å². The van der Waals surface area contributed by atoms with E-state index in [9.17, 15) is 14.5 Å². The van der Waals surface area contributed by atoms with Crippen LogP contribution in [0.25, 0.3) is 10.6 Å². The molecule has 116 valence electrons. The van der Waals surface area contributed by atoms with Gasteiger partial charge in [0, 0.05) is 5.56 Å². The molecule has 23 heavy (non-hydrogen) atoms. The fraction of sp³-hybridized carbons (Fsp3) is 0.0667. The molecule has 0 aliphatic rings. The maximum absolute atomic E-state index is 13.1. The number of hydrogen-bond acceptors (Lipinski definition) is 6. The second-order valence-electron chi connectivity index (χ2n) is 4.64. The van der Waals surface area contributed by atoms with Gasteiger partial charge in [0.25, 0.3) is 5.69 Å². The fourth-order valence-corrected chi connectivity index (χ4v) is 2.78. The van der Waals surface area contributed by atoms with Crippen molar-refractivity contribution in [2.24, 2.45) is 0 Å². The van der Waals surface area contributed by atoms with Crippen molar-refractivity contribution in [2.75, 3.05) is 5.32 Å². The summed E-state index contributed by atoms with van der Waals surface area (Å²) in [7, 11) is 0. The summed E-state index contributed by atoms with van der Waals surface area (Å²) in [4.78, 5) is 10.3. The molecule has 6 nitrogen and oxygen atoms in total. The van der Waals surface area contributed by atoms with E-state index in [0.29, 0.717) is 5.01 Å². The number of hydrogen-bond donors (Lipinski definition) is 1. The van der Waals surface area contributed by atoms with Crippen LogP contribution < -0.4 is 5.32 Å². The van der Waals surface area contributed by atoms with Crippen molar-refractivity contribution in [3.05, 3.63) is 69.5 Å². The van der Waals surface area contributed by atoms with Gasteiger partial charge in [0.1, 0.15) is 21.5 Å². The molecule has 3 rings (SSSR count). The summed E-state index contributed by atoms with van der Waals surface area (Å²) in [6.07, 6.45) is 0. The Bertz CT molecular complexity index is 839. The predicted molar refractivity (Wildman–Crippen MR) is 85.7 cm³/mol. The zero-order chi connectivity index (χ0) is 16.2. The van der Waals surface area contributed by atoms with Crippen LogP contribution in [-0.2, 0) is 6.54 Å². The Balaban J connectivity index is 1.75. The molecule has 0 aliphatic heterocycles. The summed E-state index contributed by atoms with van der Waals surface area (Å²) in [5, 5.41) is 23.5. The normalized spacial score (nSPS) is 10.5. The molecular formula is C15H11FN4O2S. The van der Waals surface area contributed by atoms with Gasteiger partial charge in [-0.25, -0.2) is 4.39 Å². The zero-order valence-electron chi connectivity index (χ0n) is 11.8. The van der Waals surface area contributed by atoms with Crippen LogP contribution in [0.2, 0.25) is 0 Å². The molecule has 1 heterocycles. The minimum absolute atomic E-state index is 0.243. The topological polar surface area (TPSA) is 81.0 Å². The monoisotopic (exact) mass is 330 g/mol. The Kier molecular flexibility index (Phi) is 4.24. The smallest absolute Gasteiger partial charge is 0.295 e. The van der Waals surface area contributed by atoms with Gasteiger partial charge in [-0.1, -0.05) is 41.7 Å². The molecule has 0 fully saturated rings. The lowest BCUT2D eigenvalue weighted by Crippen LogP contribution is -2.02. The number of rotatable bonds is 5. The molecular weight excluding hydrogens is 319 g/mol. The first-order chi connectivity index (χ1) is 11.1. The number of anilines is 1. The SMILES string of the molecule is O=[N+]([O-])c1cc(F)ccc1NCc1nnc(-c2ccccc2)s1. The van der Waals surface area contributed by atoms with Crippen LogP contribution in [-0.4, -0.2) is 15.1 Å². The highest BCUT2D eigenvalue weighted by Crippen LogP contribution is 2.27. The zero-order valence-corrected chi connectivity index (χ0v) is 12.6. The molecule has 0 unspecified atom stereocenters. The molecule has 3 aromatic rings. The lowest BCUT2D eigenvalue weighted by atomic mass is 10.2. The molecule has 8 heteroatoms. The number of nitro benzene ring substituents is 1. The summed E-state index contributed by atoms with van der Waals surface area (Å²) in [6.45, 7) is 0.275. The Morgan fingerprint density at radius 1 is 1.17 bits per heavy atom. The van der Waals surface area contributed by atoms with Crippen molar-refractivity contribution < 1.29 is 9.31 Å². The summed E-state index contributed by atoms with van der Waals surface area (Å²) in [5.41, 5.74) is 0.898. The van der Waals surface area contributed by atoms with E-state index in [4.69, 9.17) is 0 Å². The minimum atomic E-state index is -0.649. The highest BCUT2D eigenvalue weighted by molar-refractivity contribution is 7.14. The molecule has 1 N–H and O–H groups in total. The van der Waals surface area contributed by atoms with Gasteiger partial charge < -0.3 is 5.32 Å². The van der Waals surface area contributed by atoms with Gasteiger partial charge >= 0.3 is 0 Å². The predicted octanol–water partition coefficient (Wildman–Crippen LogP) is 3.86. The van der Waals surface area contributed by atoms with E-state index in [-0.39, 0.29) is 17.9 Å². The number of nitrogens with one attached hydrogen (secondary N) is 1. The van der Waals surface area contributed by atoms with Gasteiger partial charge in [-0.3, -0.25) is 10.1 Å². The molecule has 0 atom stereocenters.